The number of benzene rings is 2. The Morgan fingerprint density at radius 3 is 2.59 bits per heavy atom. The van der Waals surface area contributed by atoms with Crippen molar-refractivity contribution in [1.29, 1.82) is 0 Å². The van der Waals surface area contributed by atoms with Crippen molar-refractivity contribution >= 4 is 45.6 Å². The van der Waals surface area contributed by atoms with Gasteiger partial charge in [-0.2, -0.15) is 0 Å². The predicted octanol–water partition coefficient (Wildman–Crippen LogP) is 5.22. The smallest absolute Gasteiger partial charge is 0.259 e. The number of hydrogen-bond donors (Lipinski definition) is 2. The average Bonchev–Trinajstić information content (AvgIpc) is 3.05. The molecule has 6 heteroatoms. The van der Waals surface area contributed by atoms with Gasteiger partial charge in [0, 0.05) is 41.2 Å². The van der Waals surface area contributed by atoms with Gasteiger partial charge in [0.05, 0.1) is 11.1 Å². The molecule has 1 amide bonds. The van der Waals surface area contributed by atoms with Crippen molar-refractivity contribution < 1.29 is 4.79 Å². The molecule has 0 saturated carbocycles. The summed E-state index contributed by atoms with van der Waals surface area (Å²) in [5.41, 5.74) is 2.90. The first-order valence-corrected chi connectivity index (χ1v) is 8.82. The second kappa shape index (κ2) is 7.13. The van der Waals surface area contributed by atoms with Crippen LogP contribution < -0.4 is 10.6 Å². The molecule has 2 heterocycles. The molecule has 0 aliphatic carbocycles. The molecule has 2 aromatic carbocycles. The van der Waals surface area contributed by atoms with Gasteiger partial charge in [-0.3, -0.25) is 4.79 Å². The van der Waals surface area contributed by atoms with E-state index in [1.807, 2.05) is 78.5 Å². The molecule has 0 spiro atoms. The lowest BCUT2D eigenvalue weighted by Crippen LogP contribution is -2.14. The van der Waals surface area contributed by atoms with Gasteiger partial charge in [0.25, 0.3) is 5.91 Å². The van der Waals surface area contributed by atoms with Crippen LogP contribution in [0.2, 0.25) is 5.02 Å². The third-order valence-corrected chi connectivity index (χ3v) is 4.50. The molecule has 0 unspecified atom stereocenters. The van der Waals surface area contributed by atoms with Crippen molar-refractivity contribution in [3.8, 4) is 0 Å². The number of hydrogen-bond acceptors (Lipinski definition) is 3. The minimum Gasteiger partial charge on any atom is -0.350 e. The van der Waals surface area contributed by atoms with Crippen LogP contribution in [-0.2, 0) is 7.05 Å². The summed E-state index contributed by atoms with van der Waals surface area (Å²) in [6.45, 7) is 0. The van der Waals surface area contributed by atoms with E-state index in [-0.39, 0.29) is 5.91 Å². The Balaban J connectivity index is 1.71. The van der Waals surface area contributed by atoms with E-state index in [4.69, 9.17) is 11.6 Å². The first-order valence-electron chi connectivity index (χ1n) is 8.45. The van der Waals surface area contributed by atoms with Gasteiger partial charge < -0.3 is 15.2 Å². The van der Waals surface area contributed by atoms with E-state index in [1.54, 1.807) is 6.20 Å². The van der Waals surface area contributed by atoms with Crippen molar-refractivity contribution in [3.63, 3.8) is 0 Å². The van der Waals surface area contributed by atoms with E-state index in [2.05, 4.69) is 15.6 Å². The highest BCUT2D eigenvalue weighted by Crippen LogP contribution is 2.29. The van der Waals surface area contributed by atoms with Gasteiger partial charge in [-0.25, -0.2) is 4.98 Å². The number of amides is 1. The van der Waals surface area contributed by atoms with E-state index >= 15 is 0 Å². The van der Waals surface area contributed by atoms with Gasteiger partial charge >= 0.3 is 0 Å². The summed E-state index contributed by atoms with van der Waals surface area (Å²) < 4.78 is 1.92. The largest absolute Gasteiger partial charge is 0.350 e. The molecule has 0 radical (unpaired) electrons. The Morgan fingerprint density at radius 2 is 1.81 bits per heavy atom. The van der Waals surface area contributed by atoms with Crippen LogP contribution >= 0.6 is 11.6 Å². The number of anilines is 3. The molecule has 0 fully saturated rings. The van der Waals surface area contributed by atoms with Crippen molar-refractivity contribution in [2.75, 3.05) is 10.6 Å². The number of fused-ring (bicyclic) bond motifs is 1. The predicted molar refractivity (Wildman–Crippen MR) is 110 cm³/mol. The Morgan fingerprint density at radius 1 is 1.04 bits per heavy atom. The van der Waals surface area contributed by atoms with Crippen LogP contribution in [0.5, 0.6) is 0 Å². The lowest BCUT2D eigenvalue weighted by atomic mass is 10.1. The molecule has 2 N–H and O–H groups in total. The fourth-order valence-electron chi connectivity index (χ4n) is 3.00. The minimum atomic E-state index is -0.199. The molecule has 5 nitrogen and oxygen atoms in total. The second-order valence-electron chi connectivity index (χ2n) is 6.16. The average molecular weight is 377 g/mol. The van der Waals surface area contributed by atoms with Crippen LogP contribution in [0, 0.1) is 0 Å². The minimum absolute atomic E-state index is 0.199. The highest BCUT2D eigenvalue weighted by molar-refractivity contribution is 6.30. The number of carbonyl (C=O) groups is 1. The molecule has 4 aromatic rings. The van der Waals surface area contributed by atoms with Crippen molar-refractivity contribution in [2.45, 2.75) is 0 Å². The quantitative estimate of drug-likeness (QED) is 0.513. The summed E-state index contributed by atoms with van der Waals surface area (Å²) in [5.74, 6) is 0.471. The summed E-state index contributed by atoms with van der Waals surface area (Å²) in [6, 6.07) is 18.7. The van der Waals surface area contributed by atoms with Crippen molar-refractivity contribution in [3.05, 3.63) is 83.6 Å². The maximum Gasteiger partial charge on any atom is 0.259 e. The van der Waals surface area contributed by atoms with Crippen LogP contribution in [0.3, 0.4) is 0 Å². The molecular weight excluding hydrogens is 360 g/mol. The van der Waals surface area contributed by atoms with Crippen LogP contribution in [0.1, 0.15) is 10.4 Å². The molecule has 2 aromatic heterocycles. The molecular formula is C21H17ClN4O. The number of nitrogens with zero attached hydrogens (tertiary/aromatic N) is 2. The standard InChI is InChI=1S/C21H17ClN4O/c1-26-11-10-17-19(26)18(21(27)25-15-7-3-2-4-8-15)13-23-20(17)24-16-9-5-6-14(22)12-16/h2-13H,1H3,(H,23,24)(H,25,27). The first kappa shape index (κ1) is 17.1. The molecule has 27 heavy (non-hydrogen) atoms. The fraction of sp³-hybridized carbons (Fsp3) is 0.0476. The van der Waals surface area contributed by atoms with Gasteiger partial charge in [-0.15, -0.1) is 0 Å². The number of para-hydroxylation sites is 1. The Hall–Kier alpha value is -3.31. The van der Waals surface area contributed by atoms with Crippen LogP contribution in [0.4, 0.5) is 17.2 Å². The number of halogens is 1. The van der Waals surface area contributed by atoms with Crippen molar-refractivity contribution in [2.24, 2.45) is 7.05 Å². The van der Waals surface area contributed by atoms with Crippen LogP contribution in [0.25, 0.3) is 10.9 Å². The maximum absolute atomic E-state index is 12.8. The summed E-state index contributed by atoms with van der Waals surface area (Å²) >= 11 is 6.06. The Labute approximate surface area is 161 Å². The lowest BCUT2D eigenvalue weighted by molar-refractivity contribution is 0.102. The Kier molecular flexibility index (Phi) is 4.52. The summed E-state index contributed by atoms with van der Waals surface area (Å²) in [5, 5.41) is 7.69. The fourth-order valence-corrected chi connectivity index (χ4v) is 3.19. The molecule has 134 valence electrons. The van der Waals surface area contributed by atoms with Gasteiger partial charge in [0.2, 0.25) is 0 Å². The summed E-state index contributed by atoms with van der Waals surface area (Å²) in [6.07, 6.45) is 3.50. The zero-order valence-electron chi connectivity index (χ0n) is 14.6. The number of carbonyl (C=O) groups excluding carboxylic acids is 1. The summed E-state index contributed by atoms with van der Waals surface area (Å²) in [4.78, 5) is 17.3. The zero-order chi connectivity index (χ0) is 18.8. The van der Waals surface area contributed by atoms with Gasteiger partial charge in [-0.1, -0.05) is 35.9 Å². The maximum atomic E-state index is 12.8. The summed E-state index contributed by atoms with van der Waals surface area (Å²) in [7, 11) is 1.91. The number of aromatic nitrogens is 2. The van der Waals surface area contributed by atoms with Gasteiger partial charge in [0.15, 0.2) is 0 Å². The van der Waals surface area contributed by atoms with Crippen LogP contribution in [0.15, 0.2) is 73.1 Å². The number of rotatable bonds is 4. The molecule has 0 saturated heterocycles. The third kappa shape index (κ3) is 3.50. The van der Waals surface area contributed by atoms with Gasteiger partial charge in [-0.05, 0) is 36.4 Å². The second-order valence-corrected chi connectivity index (χ2v) is 6.60. The normalized spacial score (nSPS) is 10.7. The molecule has 0 aliphatic rings. The van der Waals surface area contributed by atoms with E-state index in [9.17, 15) is 4.79 Å². The SMILES string of the molecule is Cn1ccc2c(Nc3cccc(Cl)c3)ncc(C(=O)Nc3ccccc3)c21. The Bertz CT molecular complexity index is 1120. The topological polar surface area (TPSA) is 59.0 Å². The van der Waals surface area contributed by atoms with E-state index in [1.165, 1.54) is 0 Å². The van der Waals surface area contributed by atoms with Gasteiger partial charge in [0.1, 0.15) is 5.82 Å². The molecule has 4 rings (SSSR count). The van der Waals surface area contributed by atoms with E-state index in [0.717, 1.165) is 22.3 Å². The highest BCUT2D eigenvalue weighted by atomic mass is 35.5. The number of nitrogens with one attached hydrogen (secondary N) is 2. The van der Waals surface area contributed by atoms with Crippen molar-refractivity contribution in [1.82, 2.24) is 9.55 Å². The third-order valence-electron chi connectivity index (χ3n) is 4.27. The number of aryl methyl sites for hydroxylation is 1. The lowest BCUT2D eigenvalue weighted by Gasteiger charge is -2.11. The monoisotopic (exact) mass is 376 g/mol. The van der Waals surface area contributed by atoms with E-state index < -0.39 is 0 Å². The molecule has 0 aliphatic heterocycles. The zero-order valence-corrected chi connectivity index (χ0v) is 15.4. The first-order chi connectivity index (χ1) is 13.1. The molecule has 0 bridgehead atoms. The number of pyridine rings is 1. The van der Waals surface area contributed by atoms with E-state index in [0.29, 0.717) is 16.4 Å². The van der Waals surface area contributed by atoms with Crippen LogP contribution in [-0.4, -0.2) is 15.5 Å². The molecule has 0 atom stereocenters. The highest BCUT2D eigenvalue weighted by Gasteiger charge is 2.17.